The van der Waals surface area contributed by atoms with Crippen molar-refractivity contribution in [2.75, 3.05) is 12.4 Å². The third kappa shape index (κ3) is 4.07. The van der Waals surface area contributed by atoms with Crippen molar-refractivity contribution in [3.05, 3.63) is 50.7 Å². The zero-order chi connectivity index (χ0) is 17.7. The van der Waals surface area contributed by atoms with Gasteiger partial charge < -0.3 is 14.8 Å². The van der Waals surface area contributed by atoms with E-state index in [1.807, 2.05) is 0 Å². The van der Waals surface area contributed by atoms with Gasteiger partial charge in [0.1, 0.15) is 10.6 Å². The Morgan fingerprint density at radius 1 is 1.33 bits per heavy atom. The summed E-state index contributed by atoms with van der Waals surface area (Å²) < 4.78 is 10.1. The van der Waals surface area contributed by atoms with Crippen molar-refractivity contribution in [1.29, 1.82) is 0 Å². The second kappa shape index (κ2) is 7.55. The molecule has 2 rings (SSSR count). The zero-order valence-electron chi connectivity index (χ0n) is 12.8. The highest BCUT2D eigenvalue weighted by Crippen LogP contribution is 2.29. The maximum atomic E-state index is 12.1. The van der Waals surface area contributed by atoms with Crippen LogP contribution in [0.2, 0.25) is 0 Å². The molecule has 0 saturated heterocycles. The number of ether oxygens (including phenoxy) is 2. The number of carbonyl (C=O) groups excluding carboxylic acids is 2. The van der Waals surface area contributed by atoms with Gasteiger partial charge in [-0.25, -0.2) is 4.79 Å². The van der Waals surface area contributed by atoms with Crippen LogP contribution in [0.25, 0.3) is 0 Å². The third-order valence-electron chi connectivity index (χ3n) is 3.03. The minimum Gasteiger partial charge on any atom is -0.494 e. The Hall–Kier alpha value is -2.94. The van der Waals surface area contributed by atoms with Gasteiger partial charge in [-0.1, -0.05) is 6.07 Å². The summed E-state index contributed by atoms with van der Waals surface area (Å²) in [7, 11) is 1.33. The molecule has 1 N–H and O–H groups in total. The summed E-state index contributed by atoms with van der Waals surface area (Å²) >= 11 is 1.21. The number of thiophene rings is 1. The highest BCUT2D eigenvalue weighted by molar-refractivity contribution is 7.11. The van der Waals surface area contributed by atoms with E-state index in [1.165, 1.54) is 43.6 Å². The number of anilines is 1. The molecule has 1 atom stereocenters. The number of hydrogen-bond acceptors (Lipinski definition) is 7. The molecular weight excluding hydrogens is 336 g/mol. The van der Waals surface area contributed by atoms with Crippen LogP contribution in [0.15, 0.2) is 35.7 Å². The van der Waals surface area contributed by atoms with Crippen LogP contribution < -0.4 is 10.1 Å². The Kier molecular flexibility index (Phi) is 5.48. The highest BCUT2D eigenvalue weighted by Gasteiger charge is 2.21. The molecule has 0 unspecified atom stereocenters. The van der Waals surface area contributed by atoms with Crippen molar-refractivity contribution in [2.45, 2.75) is 13.0 Å². The van der Waals surface area contributed by atoms with E-state index >= 15 is 0 Å². The summed E-state index contributed by atoms with van der Waals surface area (Å²) in [6.07, 6.45) is -1.04. The average molecular weight is 350 g/mol. The van der Waals surface area contributed by atoms with E-state index in [0.29, 0.717) is 4.88 Å². The van der Waals surface area contributed by atoms with Gasteiger partial charge in [-0.2, -0.15) is 0 Å². The van der Waals surface area contributed by atoms with Gasteiger partial charge >= 0.3 is 5.97 Å². The number of esters is 1. The molecule has 1 aromatic carbocycles. The Morgan fingerprint density at radius 2 is 2.08 bits per heavy atom. The number of non-ortho nitro benzene ring substituents is 1. The van der Waals surface area contributed by atoms with E-state index < -0.39 is 22.9 Å². The quantitative estimate of drug-likeness (QED) is 0.487. The maximum Gasteiger partial charge on any atom is 0.349 e. The van der Waals surface area contributed by atoms with Crippen LogP contribution in [0.1, 0.15) is 16.6 Å². The van der Waals surface area contributed by atoms with Crippen molar-refractivity contribution in [1.82, 2.24) is 0 Å². The van der Waals surface area contributed by atoms with E-state index in [0.717, 1.165) is 0 Å². The molecule has 1 heterocycles. The smallest absolute Gasteiger partial charge is 0.349 e. The number of hydrogen-bond donors (Lipinski definition) is 1. The molecule has 0 spiro atoms. The van der Waals surface area contributed by atoms with Crippen molar-refractivity contribution >= 4 is 34.6 Å². The summed E-state index contributed by atoms with van der Waals surface area (Å²) in [5.41, 5.74) is 0.0779. The van der Waals surface area contributed by atoms with E-state index in [9.17, 15) is 19.7 Å². The molecule has 1 aromatic heterocycles. The molecule has 0 fully saturated rings. The highest BCUT2D eigenvalue weighted by atomic mass is 32.1. The number of carbonyl (C=O) groups is 2. The zero-order valence-corrected chi connectivity index (χ0v) is 13.7. The summed E-state index contributed by atoms with van der Waals surface area (Å²) in [5.74, 6) is -1.04. The Morgan fingerprint density at radius 3 is 2.67 bits per heavy atom. The molecule has 126 valence electrons. The minimum absolute atomic E-state index is 0.134. The molecule has 8 nitrogen and oxygen atoms in total. The summed E-state index contributed by atoms with van der Waals surface area (Å²) in [6.45, 7) is 1.43. The van der Waals surface area contributed by atoms with Gasteiger partial charge in [0.2, 0.25) is 0 Å². The molecule has 9 heteroatoms. The molecule has 1 amide bonds. The molecule has 0 radical (unpaired) electrons. The van der Waals surface area contributed by atoms with Crippen molar-refractivity contribution < 1.29 is 24.0 Å². The van der Waals surface area contributed by atoms with Crippen molar-refractivity contribution in [2.24, 2.45) is 0 Å². The number of nitro benzene ring substituents is 1. The first-order valence-electron chi connectivity index (χ1n) is 6.80. The third-order valence-corrected chi connectivity index (χ3v) is 3.88. The summed E-state index contributed by atoms with van der Waals surface area (Å²) in [4.78, 5) is 34.5. The largest absolute Gasteiger partial charge is 0.494 e. The molecular formula is C15H14N2O6S. The monoisotopic (exact) mass is 350 g/mol. The number of benzene rings is 1. The van der Waals surface area contributed by atoms with Crippen LogP contribution in [0.3, 0.4) is 0 Å². The van der Waals surface area contributed by atoms with Gasteiger partial charge in [-0.15, -0.1) is 11.3 Å². The maximum absolute atomic E-state index is 12.1. The van der Waals surface area contributed by atoms with E-state index in [-0.39, 0.29) is 17.1 Å². The van der Waals surface area contributed by atoms with Gasteiger partial charge in [0.15, 0.2) is 6.10 Å². The Bertz CT molecular complexity index is 759. The Balaban J connectivity index is 2.05. The Labute approximate surface area is 141 Å². The summed E-state index contributed by atoms with van der Waals surface area (Å²) in [5, 5.41) is 15.0. The topological polar surface area (TPSA) is 108 Å². The van der Waals surface area contributed by atoms with Gasteiger partial charge in [0.05, 0.1) is 23.8 Å². The molecule has 2 aromatic rings. The fraction of sp³-hybridized carbons (Fsp3) is 0.200. The predicted molar refractivity (Wildman–Crippen MR) is 87.5 cm³/mol. The molecule has 0 aliphatic rings. The fourth-order valence-corrected chi connectivity index (χ4v) is 2.40. The average Bonchev–Trinajstić information content (AvgIpc) is 3.09. The number of methoxy groups -OCH3 is 1. The lowest BCUT2D eigenvalue weighted by molar-refractivity contribution is -0.384. The van der Waals surface area contributed by atoms with Gasteiger partial charge in [-0.3, -0.25) is 14.9 Å². The summed E-state index contributed by atoms with van der Waals surface area (Å²) in [6, 6.07) is 7.08. The van der Waals surface area contributed by atoms with Crippen LogP contribution in [-0.2, 0) is 9.53 Å². The van der Waals surface area contributed by atoms with Crippen LogP contribution in [0.4, 0.5) is 11.4 Å². The first-order chi connectivity index (χ1) is 11.4. The molecule has 0 saturated carbocycles. The van der Waals surface area contributed by atoms with Crippen LogP contribution >= 0.6 is 11.3 Å². The number of nitro groups is 1. The van der Waals surface area contributed by atoms with E-state index in [1.54, 1.807) is 17.5 Å². The van der Waals surface area contributed by atoms with Gasteiger partial charge in [-0.05, 0) is 24.4 Å². The predicted octanol–water partition coefficient (Wildman–Crippen LogP) is 2.85. The van der Waals surface area contributed by atoms with Gasteiger partial charge in [0.25, 0.3) is 11.6 Å². The molecule has 0 aliphatic carbocycles. The first-order valence-corrected chi connectivity index (χ1v) is 7.68. The SMILES string of the molecule is COc1cc([N+](=O)[O-])ccc1NC(=O)[C@H](C)OC(=O)c1cccs1. The fourth-order valence-electron chi connectivity index (χ4n) is 1.80. The van der Waals surface area contributed by atoms with Crippen LogP contribution in [0, 0.1) is 10.1 Å². The number of nitrogens with one attached hydrogen (secondary N) is 1. The number of nitrogens with zero attached hydrogens (tertiary/aromatic N) is 1. The van der Waals surface area contributed by atoms with Crippen LogP contribution in [-0.4, -0.2) is 30.0 Å². The molecule has 24 heavy (non-hydrogen) atoms. The lowest BCUT2D eigenvalue weighted by Crippen LogP contribution is -2.29. The minimum atomic E-state index is -1.04. The van der Waals surface area contributed by atoms with Gasteiger partial charge in [0, 0.05) is 6.07 Å². The molecule has 0 bridgehead atoms. The van der Waals surface area contributed by atoms with Crippen molar-refractivity contribution in [3.8, 4) is 5.75 Å². The normalized spacial score (nSPS) is 11.4. The first kappa shape index (κ1) is 17.4. The van der Waals surface area contributed by atoms with Crippen molar-refractivity contribution in [3.63, 3.8) is 0 Å². The second-order valence-electron chi connectivity index (χ2n) is 4.66. The van der Waals surface area contributed by atoms with E-state index in [4.69, 9.17) is 9.47 Å². The lowest BCUT2D eigenvalue weighted by atomic mass is 10.2. The van der Waals surface area contributed by atoms with Crippen LogP contribution in [0.5, 0.6) is 5.75 Å². The second-order valence-corrected chi connectivity index (χ2v) is 5.60. The standard InChI is InChI=1S/C15H14N2O6S/c1-9(23-15(19)13-4-3-7-24-13)14(18)16-11-6-5-10(17(20)21)8-12(11)22-2/h3-9H,1-2H3,(H,16,18)/t9-/m0/s1. The molecule has 0 aliphatic heterocycles. The number of rotatable bonds is 6. The number of amides is 1. The lowest BCUT2D eigenvalue weighted by Gasteiger charge is -2.14. The van der Waals surface area contributed by atoms with E-state index in [2.05, 4.69) is 5.32 Å².